The van der Waals surface area contributed by atoms with Crippen LogP contribution in [0.25, 0.3) is 0 Å². The van der Waals surface area contributed by atoms with Crippen molar-refractivity contribution in [3.8, 4) is 17.6 Å². The van der Waals surface area contributed by atoms with Crippen LogP contribution in [-0.2, 0) is 0 Å². The number of rotatable bonds is 8. The van der Waals surface area contributed by atoms with E-state index in [-0.39, 0.29) is 6.03 Å². The molecule has 2 aromatic rings. The van der Waals surface area contributed by atoms with Crippen LogP contribution in [0.5, 0.6) is 11.5 Å². The number of anilines is 1. The van der Waals surface area contributed by atoms with Crippen LogP contribution in [0.1, 0.15) is 19.4 Å². The number of hydrogen-bond acceptors (Lipinski definition) is 4. The molecule has 0 bridgehead atoms. The lowest BCUT2D eigenvalue weighted by Gasteiger charge is -2.18. The van der Waals surface area contributed by atoms with Crippen molar-refractivity contribution in [2.45, 2.75) is 13.8 Å². The maximum atomic E-state index is 11.9. The largest absolute Gasteiger partial charge is 0.457 e. The predicted molar refractivity (Wildman–Crippen MR) is 102 cm³/mol. The quantitative estimate of drug-likeness (QED) is 0.757. The van der Waals surface area contributed by atoms with Crippen LogP contribution < -0.4 is 15.4 Å². The van der Waals surface area contributed by atoms with Gasteiger partial charge in [0.2, 0.25) is 0 Å². The second-order valence-corrected chi connectivity index (χ2v) is 5.67. The molecule has 0 saturated carbocycles. The second-order valence-electron chi connectivity index (χ2n) is 5.67. The van der Waals surface area contributed by atoms with E-state index in [2.05, 4.69) is 35.5 Å². The van der Waals surface area contributed by atoms with E-state index in [1.54, 1.807) is 48.5 Å². The van der Waals surface area contributed by atoms with Gasteiger partial charge >= 0.3 is 6.03 Å². The molecule has 2 amide bonds. The number of benzene rings is 2. The third-order valence-corrected chi connectivity index (χ3v) is 3.94. The first kappa shape index (κ1) is 19.3. The van der Waals surface area contributed by atoms with E-state index in [0.29, 0.717) is 29.3 Å². The van der Waals surface area contributed by atoms with Crippen molar-refractivity contribution < 1.29 is 9.53 Å². The van der Waals surface area contributed by atoms with Gasteiger partial charge in [0.15, 0.2) is 0 Å². The Labute approximate surface area is 154 Å². The Kier molecular flexibility index (Phi) is 7.47. The molecule has 6 heteroatoms. The van der Waals surface area contributed by atoms with Crippen LogP contribution in [0.3, 0.4) is 0 Å². The zero-order valence-corrected chi connectivity index (χ0v) is 15.2. The van der Waals surface area contributed by atoms with Gasteiger partial charge in [0.25, 0.3) is 0 Å². The minimum atomic E-state index is -0.224. The SMILES string of the molecule is CCN(CC)CCNC(=O)Nc1ccc(Oc2ccc(C#N)cc2)cc1. The summed E-state index contributed by atoms with van der Waals surface area (Å²) in [6.45, 7) is 7.59. The number of likely N-dealkylation sites (N-methyl/N-ethyl adjacent to an activating group) is 1. The highest BCUT2D eigenvalue weighted by molar-refractivity contribution is 5.89. The van der Waals surface area contributed by atoms with Gasteiger partial charge in [-0.15, -0.1) is 0 Å². The van der Waals surface area contributed by atoms with Crippen LogP contribution >= 0.6 is 0 Å². The van der Waals surface area contributed by atoms with Crippen LogP contribution in [0.4, 0.5) is 10.5 Å². The molecule has 0 atom stereocenters. The molecule has 0 aliphatic heterocycles. The number of ether oxygens (including phenoxy) is 1. The van der Waals surface area contributed by atoms with E-state index in [4.69, 9.17) is 10.00 Å². The lowest BCUT2D eigenvalue weighted by atomic mass is 10.2. The molecule has 0 heterocycles. The van der Waals surface area contributed by atoms with Gasteiger partial charge in [0.1, 0.15) is 11.5 Å². The molecule has 0 saturated heterocycles. The molecular formula is C20H24N4O2. The first-order chi connectivity index (χ1) is 12.6. The lowest BCUT2D eigenvalue weighted by molar-refractivity contribution is 0.248. The summed E-state index contributed by atoms with van der Waals surface area (Å²) in [5.41, 5.74) is 1.28. The van der Waals surface area contributed by atoms with Crippen LogP contribution in [-0.4, -0.2) is 37.1 Å². The Morgan fingerprint density at radius 2 is 1.62 bits per heavy atom. The third kappa shape index (κ3) is 6.11. The van der Waals surface area contributed by atoms with Crippen molar-refractivity contribution in [1.29, 1.82) is 5.26 Å². The summed E-state index contributed by atoms with van der Waals surface area (Å²) < 4.78 is 5.71. The van der Waals surface area contributed by atoms with Crippen molar-refractivity contribution in [3.63, 3.8) is 0 Å². The Morgan fingerprint density at radius 1 is 1.04 bits per heavy atom. The summed E-state index contributed by atoms with van der Waals surface area (Å²) in [5, 5.41) is 14.4. The van der Waals surface area contributed by atoms with Crippen LogP contribution in [0, 0.1) is 11.3 Å². The molecule has 2 N–H and O–H groups in total. The third-order valence-electron chi connectivity index (χ3n) is 3.94. The van der Waals surface area contributed by atoms with Gasteiger partial charge in [-0.3, -0.25) is 0 Å². The summed E-state index contributed by atoms with van der Waals surface area (Å²) in [4.78, 5) is 14.2. The fourth-order valence-corrected chi connectivity index (χ4v) is 2.38. The number of nitrogens with zero attached hydrogens (tertiary/aromatic N) is 2. The number of amides is 2. The van der Waals surface area contributed by atoms with Crippen molar-refractivity contribution >= 4 is 11.7 Å². The summed E-state index contributed by atoms with van der Waals surface area (Å²) in [7, 11) is 0. The number of urea groups is 1. The van der Waals surface area contributed by atoms with E-state index in [0.717, 1.165) is 19.6 Å². The molecular weight excluding hydrogens is 328 g/mol. The Balaban J connectivity index is 1.81. The molecule has 136 valence electrons. The topological polar surface area (TPSA) is 77.4 Å². The number of nitrogens with one attached hydrogen (secondary N) is 2. The minimum absolute atomic E-state index is 0.224. The van der Waals surface area contributed by atoms with E-state index < -0.39 is 0 Å². The lowest BCUT2D eigenvalue weighted by Crippen LogP contribution is -2.36. The molecule has 0 unspecified atom stereocenters. The fourth-order valence-electron chi connectivity index (χ4n) is 2.38. The number of carbonyl (C=O) groups is 1. The zero-order valence-electron chi connectivity index (χ0n) is 15.2. The highest BCUT2D eigenvalue weighted by atomic mass is 16.5. The normalized spacial score (nSPS) is 10.2. The van der Waals surface area contributed by atoms with E-state index in [9.17, 15) is 4.79 Å². The average Bonchev–Trinajstić information content (AvgIpc) is 2.67. The van der Waals surface area contributed by atoms with E-state index >= 15 is 0 Å². The number of nitriles is 1. The van der Waals surface area contributed by atoms with Gasteiger partial charge in [-0.2, -0.15) is 5.26 Å². The second kappa shape index (κ2) is 10.1. The first-order valence-corrected chi connectivity index (χ1v) is 8.70. The summed E-state index contributed by atoms with van der Waals surface area (Å²) in [5.74, 6) is 1.31. The number of carbonyl (C=O) groups excluding carboxylic acids is 1. The molecule has 0 radical (unpaired) electrons. The smallest absolute Gasteiger partial charge is 0.319 e. The molecule has 2 rings (SSSR count). The predicted octanol–water partition coefficient (Wildman–Crippen LogP) is 3.81. The van der Waals surface area contributed by atoms with Crippen LogP contribution in [0.2, 0.25) is 0 Å². The van der Waals surface area contributed by atoms with E-state index in [1.165, 1.54) is 0 Å². The van der Waals surface area contributed by atoms with Crippen molar-refractivity contribution in [2.75, 3.05) is 31.5 Å². The van der Waals surface area contributed by atoms with Gasteiger partial charge in [0.05, 0.1) is 11.6 Å². The fraction of sp³-hybridized carbons (Fsp3) is 0.300. The monoisotopic (exact) mass is 352 g/mol. The molecule has 2 aromatic carbocycles. The van der Waals surface area contributed by atoms with Gasteiger partial charge in [-0.05, 0) is 61.6 Å². The maximum absolute atomic E-state index is 11.9. The van der Waals surface area contributed by atoms with Gasteiger partial charge in [-0.1, -0.05) is 13.8 Å². The van der Waals surface area contributed by atoms with Crippen molar-refractivity contribution in [1.82, 2.24) is 10.2 Å². The molecule has 0 fully saturated rings. The highest BCUT2D eigenvalue weighted by Crippen LogP contribution is 2.23. The van der Waals surface area contributed by atoms with Crippen molar-refractivity contribution in [3.05, 3.63) is 54.1 Å². The molecule has 0 aliphatic rings. The van der Waals surface area contributed by atoms with Gasteiger partial charge in [0, 0.05) is 18.8 Å². The summed E-state index contributed by atoms with van der Waals surface area (Å²) in [6.07, 6.45) is 0. The Bertz CT molecular complexity index is 732. The summed E-state index contributed by atoms with van der Waals surface area (Å²) >= 11 is 0. The molecule has 26 heavy (non-hydrogen) atoms. The minimum Gasteiger partial charge on any atom is -0.457 e. The molecule has 6 nitrogen and oxygen atoms in total. The summed E-state index contributed by atoms with van der Waals surface area (Å²) in [6, 6.07) is 15.9. The Hall–Kier alpha value is -3.04. The average molecular weight is 352 g/mol. The Morgan fingerprint density at radius 3 is 2.15 bits per heavy atom. The van der Waals surface area contributed by atoms with E-state index in [1.807, 2.05) is 0 Å². The van der Waals surface area contributed by atoms with Crippen LogP contribution in [0.15, 0.2) is 48.5 Å². The molecule has 0 aliphatic carbocycles. The number of hydrogen-bond donors (Lipinski definition) is 2. The van der Waals surface area contributed by atoms with Crippen molar-refractivity contribution in [2.24, 2.45) is 0 Å². The molecule has 0 spiro atoms. The van der Waals surface area contributed by atoms with Gasteiger partial charge in [-0.25, -0.2) is 4.79 Å². The highest BCUT2D eigenvalue weighted by Gasteiger charge is 2.04. The zero-order chi connectivity index (χ0) is 18.8. The first-order valence-electron chi connectivity index (χ1n) is 8.70. The standard InChI is InChI=1S/C20H24N4O2/c1-3-24(4-2)14-13-22-20(25)23-17-7-11-19(12-8-17)26-18-9-5-16(15-21)6-10-18/h5-12H,3-4,13-14H2,1-2H3,(H2,22,23,25). The maximum Gasteiger partial charge on any atom is 0.319 e. The van der Waals surface area contributed by atoms with Gasteiger partial charge < -0.3 is 20.3 Å². The molecule has 0 aromatic heterocycles.